The molecule has 0 aromatic heterocycles. The van der Waals surface area contributed by atoms with Crippen molar-refractivity contribution >= 4 is 12.0 Å². The van der Waals surface area contributed by atoms with Gasteiger partial charge in [0.2, 0.25) is 0 Å². The quantitative estimate of drug-likeness (QED) is 0.0406. The monoisotopic (exact) mass is 624 g/mol. The van der Waals surface area contributed by atoms with Gasteiger partial charge in [-0.05, 0) is 61.1 Å². The molecule has 0 N–H and O–H groups in total. The molecule has 46 heavy (non-hydrogen) atoms. The van der Waals surface area contributed by atoms with Crippen molar-refractivity contribution in [1.82, 2.24) is 0 Å². The molecule has 2 aromatic rings. The summed E-state index contributed by atoms with van der Waals surface area (Å²) in [6.07, 6.45) is 37.9. The van der Waals surface area contributed by atoms with Crippen LogP contribution >= 0.6 is 0 Å². The van der Waals surface area contributed by atoms with Gasteiger partial charge in [-0.1, -0.05) is 151 Å². The van der Waals surface area contributed by atoms with Gasteiger partial charge in [0.05, 0.1) is 14.2 Å². The van der Waals surface area contributed by atoms with Crippen molar-refractivity contribution in [1.29, 1.82) is 0 Å². The van der Waals surface area contributed by atoms with E-state index < -0.39 is 0 Å². The second-order valence-electron chi connectivity index (χ2n) is 11.4. The van der Waals surface area contributed by atoms with E-state index in [-0.39, 0.29) is 5.97 Å². The fourth-order valence-corrected chi connectivity index (χ4v) is 5.02. The predicted molar refractivity (Wildman–Crippen MR) is 196 cm³/mol. The van der Waals surface area contributed by atoms with Crippen LogP contribution in [-0.4, -0.2) is 20.2 Å². The molecule has 0 saturated heterocycles. The van der Waals surface area contributed by atoms with Crippen LogP contribution in [0.15, 0.2) is 103 Å². The number of esters is 1. The van der Waals surface area contributed by atoms with Crippen molar-refractivity contribution in [2.75, 3.05) is 14.2 Å². The van der Waals surface area contributed by atoms with Gasteiger partial charge in [-0.3, -0.25) is 0 Å². The van der Waals surface area contributed by atoms with Crippen LogP contribution < -0.4 is 14.2 Å². The van der Waals surface area contributed by atoms with Crippen LogP contribution in [0.3, 0.4) is 0 Å². The van der Waals surface area contributed by atoms with E-state index in [9.17, 15) is 4.79 Å². The molecule has 0 bridgehead atoms. The number of hydrogen-bond donors (Lipinski definition) is 0. The summed E-state index contributed by atoms with van der Waals surface area (Å²) in [6.45, 7) is 4.46. The van der Waals surface area contributed by atoms with Gasteiger partial charge in [-0.25, -0.2) is 4.79 Å². The summed E-state index contributed by atoms with van der Waals surface area (Å²) < 4.78 is 16.9. The first-order valence-electron chi connectivity index (χ1n) is 17.2. The van der Waals surface area contributed by atoms with E-state index in [0.717, 1.165) is 53.9 Å². The van der Waals surface area contributed by atoms with Gasteiger partial charge in [-0.2, -0.15) is 0 Å². The number of allylic oxidation sites excluding steroid dienone is 10. The molecule has 4 nitrogen and oxygen atoms in total. The number of hydrogen-bond acceptors (Lipinski definition) is 4. The Labute approximate surface area is 279 Å². The third kappa shape index (κ3) is 16.9. The number of rotatable bonds is 23. The van der Waals surface area contributed by atoms with Crippen molar-refractivity contribution in [2.45, 2.75) is 97.3 Å². The maximum absolute atomic E-state index is 12.8. The van der Waals surface area contributed by atoms with Gasteiger partial charge in [0, 0.05) is 11.6 Å². The number of aryl methyl sites for hydroxylation is 1. The Bertz CT molecular complexity index is 1290. The van der Waals surface area contributed by atoms with Crippen LogP contribution in [0.5, 0.6) is 17.2 Å². The molecule has 0 unspecified atom stereocenters. The Morgan fingerprint density at radius 3 is 1.72 bits per heavy atom. The smallest absolute Gasteiger partial charge is 0.336 e. The topological polar surface area (TPSA) is 44.8 Å². The van der Waals surface area contributed by atoms with Crippen molar-refractivity contribution < 1.29 is 19.0 Å². The maximum Gasteiger partial charge on any atom is 0.336 e. The first kappa shape index (κ1) is 38.1. The van der Waals surface area contributed by atoms with Crippen molar-refractivity contribution in [3.05, 3.63) is 120 Å². The second kappa shape index (κ2) is 25.2. The zero-order chi connectivity index (χ0) is 33.1. The summed E-state index contributed by atoms with van der Waals surface area (Å²) in [5, 5.41) is 0. The van der Waals surface area contributed by atoms with Gasteiger partial charge in [0.15, 0.2) is 0 Å². The molecule has 0 amide bonds. The first-order valence-corrected chi connectivity index (χ1v) is 17.2. The molecule has 0 spiro atoms. The summed E-state index contributed by atoms with van der Waals surface area (Å²) in [5.74, 6) is 1.92. The number of carbonyl (C=O) groups is 1. The molecule has 0 radical (unpaired) electrons. The number of carbonyl (C=O) groups excluding carboxylic acids is 1. The molecule has 0 aliphatic rings. The van der Waals surface area contributed by atoms with Crippen LogP contribution in [0.2, 0.25) is 0 Å². The highest BCUT2D eigenvalue weighted by Crippen LogP contribution is 2.33. The number of ether oxygens (including phenoxy) is 3. The molecule has 248 valence electrons. The number of unbranched alkanes of at least 4 members (excludes halogenated alkanes) is 9. The Balaban J connectivity index is 1.89. The van der Waals surface area contributed by atoms with Crippen LogP contribution in [0.4, 0.5) is 0 Å². The lowest BCUT2D eigenvalue weighted by molar-refractivity contribution is -0.129. The minimum atomic E-state index is -0.383. The van der Waals surface area contributed by atoms with E-state index in [2.05, 4.69) is 19.9 Å². The largest absolute Gasteiger partial charge is 0.497 e. The molecule has 0 aliphatic carbocycles. The van der Waals surface area contributed by atoms with Gasteiger partial charge < -0.3 is 14.2 Å². The molecule has 0 fully saturated rings. The molecule has 0 saturated carbocycles. The van der Waals surface area contributed by atoms with E-state index in [1.165, 1.54) is 63.9 Å². The molecular formula is C42H56O4. The second-order valence-corrected chi connectivity index (χ2v) is 11.4. The highest BCUT2D eigenvalue weighted by molar-refractivity contribution is 5.84. The van der Waals surface area contributed by atoms with Crippen molar-refractivity contribution in [3.63, 3.8) is 0 Å². The molecule has 0 aliphatic heterocycles. The summed E-state index contributed by atoms with van der Waals surface area (Å²) in [7, 11) is 3.37. The molecule has 2 rings (SSSR count). The van der Waals surface area contributed by atoms with E-state index in [0.29, 0.717) is 5.75 Å². The van der Waals surface area contributed by atoms with E-state index in [4.69, 9.17) is 14.2 Å². The summed E-state index contributed by atoms with van der Waals surface area (Å²) in [6, 6.07) is 12.1. The third-order valence-corrected chi connectivity index (χ3v) is 7.64. The Morgan fingerprint density at radius 2 is 1.11 bits per heavy atom. The van der Waals surface area contributed by atoms with Crippen LogP contribution in [0.25, 0.3) is 6.08 Å². The SMILES string of the molecule is CCCCCCCCCCc1c(OC)cc(CCCCC)cc1OC(=O)/C=C/C=C/C=C/C=C/C=C/C=C/c1ccc(OC)cc1. The minimum Gasteiger partial charge on any atom is -0.497 e. The predicted octanol–water partition coefficient (Wildman–Crippen LogP) is 11.5. The van der Waals surface area contributed by atoms with Crippen LogP contribution in [0, 0.1) is 0 Å². The molecule has 0 atom stereocenters. The zero-order valence-electron chi connectivity index (χ0n) is 28.7. The van der Waals surface area contributed by atoms with Gasteiger partial charge in [0.25, 0.3) is 0 Å². The first-order chi connectivity index (χ1) is 22.6. The van der Waals surface area contributed by atoms with Crippen LogP contribution in [0.1, 0.15) is 101 Å². The van der Waals surface area contributed by atoms with Gasteiger partial charge in [-0.15, -0.1) is 0 Å². The van der Waals surface area contributed by atoms with E-state index in [1.807, 2.05) is 91.1 Å². The van der Waals surface area contributed by atoms with Crippen molar-refractivity contribution in [3.8, 4) is 17.2 Å². The highest BCUT2D eigenvalue weighted by atomic mass is 16.5. The Morgan fingerprint density at radius 1 is 0.587 bits per heavy atom. The van der Waals surface area contributed by atoms with Crippen molar-refractivity contribution in [2.24, 2.45) is 0 Å². The lowest BCUT2D eigenvalue weighted by atomic mass is 9.99. The number of methoxy groups -OCH3 is 2. The standard InChI is InChI=1S/C42H56O4/c1-5-7-9-10-11-17-20-24-28-39-40(45-4)34-37(27-22-8-6-2)35-41(39)46-42(43)29-25-21-18-15-13-12-14-16-19-23-26-36-30-32-38(44-3)33-31-36/h12-16,18-19,21,23,25-26,29-35H,5-11,17,20,22,24,27-28H2,1-4H3/b14-12+,15-13+,19-16+,21-18+,26-23+,29-25+. The summed E-state index contributed by atoms with van der Waals surface area (Å²) >= 11 is 0. The fraction of sp³-hybridized carbons (Fsp3) is 0.405. The van der Waals surface area contributed by atoms with Crippen LogP contribution in [-0.2, 0) is 17.6 Å². The average Bonchev–Trinajstić information content (AvgIpc) is 3.07. The zero-order valence-corrected chi connectivity index (χ0v) is 28.7. The number of benzene rings is 2. The van der Waals surface area contributed by atoms with Gasteiger partial charge >= 0.3 is 5.97 Å². The summed E-state index contributed by atoms with van der Waals surface area (Å²) in [4.78, 5) is 12.8. The van der Waals surface area contributed by atoms with E-state index >= 15 is 0 Å². The highest BCUT2D eigenvalue weighted by Gasteiger charge is 2.15. The summed E-state index contributed by atoms with van der Waals surface area (Å²) in [5.41, 5.74) is 3.26. The lowest BCUT2D eigenvalue weighted by Crippen LogP contribution is -2.08. The Kier molecular flexibility index (Phi) is 20.9. The normalized spacial score (nSPS) is 12.2. The van der Waals surface area contributed by atoms with Gasteiger partial charge in [0.1, 0.15) is 17.2 Å². The molecule has 2 aromatic carbocycles. The maximum atomic E-state index is 12.8. The molecule has 4 heteroatoms. The molecular weight excluding hydrogens is 568 g/mol. The fourth-order valence-electron chi connectivity index (χ4n) is 5.02. The Hall–Kier alpha value is -4.05. The van der Waals surface area contributed by atoms with E-state index in [1.54, 1.807) is 20.3 Å². The minimum absolute atomic E-state index is 0.383. The lowest BCUT2D eigenvalue weighted by Gasteiger charge is -2.16. The average molecular weight is 625 g/mol. The molecule has 0 heterocycles. The third-order valence-electron chi connectivity index (χ3n) is 7.64.